The number of aromatic amines is 1. The van der Waals surface area contributed by atoms with Crippen molar-refractivity contribution in [2.24, 2.45) is 0 Å². The highest BCUT2D eigenvalue weighted by atomic mass is 16.3. The number of H-pyrrole nitrogens is 1. The quantitative estimate of drug-likeness (QED) is 0.505. The van der Waals surface area contributed by atoms with Crippen molar-refractivity contribution in [3.8, 4) is 0 Å². The number of aliphatic hydroxyl groups excluding tert-OH is 2. The lowest BCUT2D eigenvalue weighted by Gasteiger charge is -2.05. The Bertz CT molecular complexity index is 469. The zero-order valence-corrected chi connectivity index (χ0v) is 7.88. The standard InChI is InChI=1S/C8H11N5O2/c9-7-6-8(11-3-10-6)13-5(12-7)1-4(15)2-14/h3-4,14-15H,1-2H2,(H3,9,10,11,12,13)/t4-/m0/s1. The number of aliphatic hydroxyl groups is 2. The molecular weight excluding hydrogens is 198 g/mol. The van der Waals surface area contributed by atoms with Gasteiger partial charge in [0.1, 0.15) is 11.3 Å². The van der Waals surface area contributed by atoms with Crippen LogP contribution in [0, 0.1) is 0 Å². The van der Waals surface area contributed by atoms with Gasteiger partial charge in [0.2, 0.25) is 0 Å². The topological polar surface area (TPSA) is 121 Å². The van der Waals surface area contributed by atoms with E-state index in [4.69, 9.17) is 10.8 Å². The van der Waals surface area contributed by atoms with E-state index in [0.29, 0.717) is 17.0 Å². The number of nitrogen functional groups attached to an aromatic ring is 1. The van der Waals surface area contributed by atoms with Crippen molar-refractivity contribution in [1.82, 2.24) is 19.9 Å². The molecule has 5 N–H and O–H groups in total. The molecule has 0 radical (unpaired) electrons. The van der Waals surface area contributed by atoms with Crippen molar-refractivity contribution in [1.29, 1.82) is 0 Å². The summed E-state index contributed by atoms with van der Waals surface area (Å²) in [6, 6.07) is 0. The third kappa shape index (κ3) is 1.88. The van der Waals surface area contributed by atoms with Gasteiger partial charge in [0, 0.05) is 6.42 Å². The van der Waals surface area contributed by atoms with Crippen molar-refractivity contribution in [2.75, 3.05) is 12.3 Å². The smallest absolute Gasteiger partial charge is 0.163 e. The van der Waals surface area contributed by atoms with Crippen molar-refractivity contribution < 1.29 is 10.2 Å². The fourth-order valence-corrected chi connectivity index (χ4v) is 1.27. The third-order valence-electron chi connectivity index (χ3n) is 1.98. The highest BCUT2D eigenvalue weighted by molar-refractivity contribution is 5.80. The second kappa shape index (κ2) is 3.79. The first-order chi connectivity index (χ1) is 7.20. The fourth-order valence-electron chi connectivity index (χ4n) is 1.27. The lowest BCUT2D eigenvalue weighted by atomic mass is 10.2. The lowest BCUT2D eigenvalue weighted by molar-refractivity contribution is 0.0940. The van der Waals surface area contributed by atoms with Crippen LogP contribution in [0.25, 0.3) is 11.2 Å². The van der Waals surface area contributed by atoms with Crippen LogP contribution in [0.15, 0.2) is 6.33 Å². The highest BCUT2D eigenvalue weighted by Gasteiger charge is 2.10. The zero-order chi connectivity index (χ0) is 10.8. The van der Waals surface area contributed by atoms with Gasteiger partial charge in [-0.15, -0.1) is 0 Å². The van der Waals surface area contributed by atoms with Gasteiger partial charge in [-0.25, -0.2) is 15.0 Å². The van der Waals surface area contributed by atoms with E-state index in [-0.39, 0.29) is 18.8 Å². The Labute approximate surface area is 85.0 Å². The summed E-state index contributed by atoms with van der Waals surface area (Å²) in [5, 5.41) is 17.9. The molecule has 7 heteroatoms. The molecule has 1 atom stereocenters. The predicted octanol–water partition coefficient (Wildman–Crippen LogP) is -1.17. The largest absolute Gasteiger partial charge is 0.394 e. The SMILES string of the molecule is Nc1nc(C[C@H](O)CO)nc2[nH]cnc12. The molecule has 0 unspecified atom stereocenters. The summed E-state index contributed by atoms with van der Waals surface area (Å²) < 4.78 is 0. The molecule has 0 saturated carbocycles. The first kappa shape index (κ1) is 9.81. The predicted molar refractivity (Wildman–Crippen MR) is 52.9 cm³/mol. The minimum Gasteiger partial charge on any atom is -0.394 e. The van der Waals surface area contributed by atoms with E-state index in [1.54, 1.807) is 0 Å². The summed E-state index contributed by atoms with van der Waals surface area (Å²) in [4.78, 5) is 14.8. The van der Waals surface area contributed by atoms with Crippen molar-refractivity contribution in [3.05, 3.63) is 12.2 Å². The molecule has 2 heterocycles. The molecule has 0 aliphatic carbocycles. The molecule has 2 aromatic heterocycles. The van der Waals surface area contributed by atoms with Gasteiger partial charge in [0.05, 0.1) is 19.0 Å². The number of nitrogens with zero attached hydrogens (tertiary/aromatic N) is 3. The van der Waals surface area contributed by atoms with E-state index in [0.717, 1.165) is 0 Å². The monoisotopic (exact) mass is 209 g/mol. The number of aromatic nitrogens is 4. The van der Waals surface area contributed by atoms with Crippen LogP contribution < -0.4 is 5.73 Å². The number of rotatable bonds is 3. The minimum absolute atomic E-state index is 0.162. The molecule has 2 aromatic rings. The number of nitrogens with two attached hydrogens (primary N) is 1. The number of hydrogen-bond acceptors (Lipinski definition) is 6. The van der Waals surface area contributed by atoms with Crippen LogP contribution in [0.3, 0.4) is 0 Å². The second-order valence-electron chi connectivity index (χ2n) is 3.17. The molecule has 80 valence electrons. The average molecular weight is 209 g/mol. The first-order valence-electron chi connectivity index (χ1n) is 4.45. The molecular formula is C8H11N5O2. The number of fused-ring (bicyclic) bond motifs is 1. The molecule has 0 saturated heterocycles. The van der Waals surface area contributed by atoms with Gasteiger partial charge in [0.15, 0.2) is 11.5 Å². The zero-order valence-electron chi connectivity index (χ0n) is 7.88. The average Bonchev–Trinajstić information content (AvgIpc) is 2.66. The summed E-state index contributed by atoms with van der Waals surface area (Å²) in [6.07, 6.45) is 0.766. The molecule has 0 amide bonds. The summed E-state index contributed by atoms with van der Waals surface area (Å²) in [5.41, 5.74) is 6.68. The molecule has 0 aromatic carbocycles. The Morgan fingerprint density at radius 1 is 1.47 bits per heavy atom. The van der Waals surface area contributed by atoms with E-state index in [1.165, 1.54) is 6.33 Å². The van der Waals surface area contributed by atoms with Crippen molar-refractivity contribution in [2.45, 2.75) is 12.5 Å². The molecule has 0 aliphatic rings. The Morgan fingerprint density at radius 3 is 3.00 bits per heavy atom. The van der Waals surface area contributed by atoms with Crippen LogP contribution in [0.5, 0.6) is 0 Å². The highest BCUT2D eigenvalue weighted by Crippen LogP contribution is 2.13. The van der Waals surface area contributed by atoms with Crippen LogP contribution in [0.1, 0.15) is 5.82 Å². The Kier molecular flexibility index (Phi) is 2.48. The van der Waals surface area contributed by atoms with E-state index >= 15 is 0 Å². The summed E-state index contributed by atoms with van der Waals surface area (Å²) >= 11 is 0. The summed E-state index contributed by atoms with van der Waals surface area (Å²) in [5.74, 6) is 0.646. The van der Waals surface area contributed by atoms with Gasteiger partial charge >= 0.3 is 0 Å². The van der Waals surface area contributed by atoms with Crippen LogP contribution in [-0.2, 0) is 6.42 Å². The molecule has 0 spiro atoms. The Hall–Kier alpha value is -1.73. The fraction of sp³-hybridized carbons (Fsp3) is 0.375. The second-order valence-corrected chi connectivity index (χ2v) is 3.17. The minimum atomic E-state index is -0.871. The van der Waals surface area contributed by atoms with Crippen LogP contribution >= 0.6 is 0 Å². The third-order valence-corrected chi connectivity index (χ3v) is 1.98. The molecule has 15 heavy (non-hydrogen) atoms. The summed E-state index contributed by atoms with van der Waals surface area (Å²) in [7, 11) is 0. The van der Waals surface area contributed by atoms with Gasteiger partial charge in [-0.1, -0.05) is 0 Å². The number of hydrogen-bond donors (Lipinski definition) is 4. The van der Waals surface area contributed by atoms with E-state index < -0.39 is 6.10 Å². The van der Waals surface area contributed by atoms with Crippen LogP contribution in [-0.4, -0.2) is 42.9 Å². The summed E-state index contributed by atoms with van der Waals surface area (Å²) in [6.45, 7) is -0.329. The molecule has 0 aliphatic heterocycles. The normalized spacial score (nSPS) is 13.2. The maximum atomic E-state index is 9.23. The number of anilines is 1. The van der Waals surface area contributed by atoms with Gasteiger partial charge < -0.3 is 20.9 Å². The maximum absolute atomic E-state index is 9.23. The van der Waals surface area contributed by atoms with Crippen LogP contribution in [0.2, 0.25) is 0 Å². The van der Waals surface area contributed by atoms with E-state index in [2.05, 4.69) is 19.9 Å². The van der Waals surface area contributed by atoms with E-state index in [9.17, 15) is 5.11 Å². The van der Waals surface area contributed by atoms with Crippen LogP contribution in [0.4, 0.5) is 5.82 Å². The molecule has 7 nitrogen and oxygen atoms in total. The van der Waals surface area contributed by atoms with E-state index in [1.807, 2.05) is 0 Å². The molecule has 0 fully saturated rings. The van der Waals surface area contributed by atoms with Crippen molar-refractivity contribution in [3.63, 3.8) is 0 Å². The number of nitrogens with one attached hydrogen (secondary N) is 1. The first-order valence-corrected chi connectivity index (χ1v) is 4.45. The lowest BCUT2D eigenvalue weighted by Crippen LogP contribution is -2.17. The Balaban J connectivity index is 2.36. The molecule has 2 rings (SSSR count). The molecule has 0 bridgehead atoms. The van der Waals surface area contributed by atoms with Gasteiger partial charge in [-0.2, -0.15) is 0 Å². The van der Waals surface area contributed by atoms with Gasteiger partial charge in [0.25, 0.3) is 0 Å². The number of imidazole rings is 1. The Morgan fingerprint density at radius 2 is 2.27 bits per heavy atom. The van der Waals surface area contributed by atoms with Gasteiger partial charge in [-0.3, -0.25) is 0 Å². The van der Waals surface area contributed by atoms with Gasteiger partial charge in [-0.05, 0) is 0 Å². The van der Waals surface area contributed by atoms with Crippen molar-refractivity contribution >= 4 is 17.0 Å². The maximum Gasteiger partial charge on any atom is 0.163 e.